The average molecular weight is 495 g/mol. The third kappa shape index (κ3) is 6.01. The molecule has 0 bridgehead atoms. The number of allylic oxidation sites excluding steroid dienone is 1. The lowest BCUT2D eigenvalue weighted by atomic mass is 9.83. The van der Waals surface area contributed by atoms with Crippen LogP contribution in [-0.2, 0) is 20.9 Å². The number of benzene rings is 2. The summed E-state index contributed by atoms with van der Waals surface area (Å²) in [6.45, 7) is 9.33. The molecule has 36 heavy (non-hydrogen) atoms. The monoisotopic (exact) mass is 494 g/mol. The first-order valence-electron chi connectivity index (χ1n) is 12.6. The fourth-order valence-electron chi connectivity index (χ4n) is 4.67. The van der Waals surface area contributed by atoms with Crippen molar-refractivity contribution in [3.8, 4) is 0 Å². The van der Waals surface area contributed by atoms with Gasteiger partial charge in [0.2, 0.25) is 5.91 Å². The van der Waals surface area contributed by atoms with Crippen LogP contribution in [0.1, 0.15) is 74.4 Å². The minimum absolute atomic E-state index is 0.00676. The van der Waals surface area contributed by atoms with Gasteiger partial charge in [-0.15, -0.1) is 0 Å². The third-order valence-electron chi connectivity index (χ3n) is 6.41. The molecule has 1 aliphatic rings. The summed E-state index contributed by atoms with van der Waals surface area (Å²) >= 11 is 0. The Labute approximate surface area is 212 Å². The van der Waals surface area contributed by atoms with E-state index >= 15 is 0 Å². The van der Waals surface area contributed by atoms with Gasteiger partial charge >= 0.3 is 5.97 Å². The minimum atomic E-state index is -0.711. The van der Waals surface area contributed by atoms with Crippen molar-refractivity contribution in [2.45, 2.75) is 59.4 Å². The van der Waals surface area contributed by atoms with Crippen LogP contribution in [0.4, 0.5) is 4.39 Å². The van der Waals surface area contributed by atoms with Crippen LogP contribution in [0.15, 0.2) is 59.8 Å². The lowest BCUT2D eigenvalue weighted by Crippen LogP contribution is -2.38. The molecule has 0 aromatic heterocycles. The average Bonchev–Trinajstić information content (AvgIpc) is 2.86. The summed E-state index contributed by atoms with van der Waals surface area (Å²) in [6, 6.07) is 13.4. The lowest BCUT2D eigenvalue weighted by Gasteiger charge is -2.34. The summed E-state index contributed by atoms with van der Waals surface area (Å²) < 4.78 is 19.9. The molecule has 0 radical (unpaired) electrons. The zero-order valence-electron chi connectivity index (χ0n) is 21.6. The van der Waals surface area contributed by atoms with Crippen molar-refractivity contribution in [3.63, 3.8) is 0 Å². The zero-order valence-corrected chi connectivity index (χ0v) is 21.6. The molecule has 0 spiro atoms. The molecule has 2 amide bonds. The van der Waals surface area contributed by atoms with E-state index < -0.39 is 17.7 Å². The van der Waals surface area contributed by atoms with Gasteiger partial charge in [0.15, 0.2) is 0 Å². The van der Waals surface area contributed by atoms with Gasteiger partial charge in [-0.25, -0.2) is 9.18 Å². The van der Waals surface area contributed by atoms with Gasteiger partial charge in [0.25, 0.3) is 5.91 Å². The van der Waals surface area contributed by atoms with Gasteiger partial charge < -0.3 is 14.5 Å². The number of hydrogen-bond acceptors (Lipinski definition) is 4. The van der Waals surface area contributed by atoms with Gasteiger partial charge in [-0.1, -0.05) is 44.2 Å². The minimum Gasteiger partial charge on any atom is -0.463 e. The van der Waals surface area contributed by atoms with E-state index in [4.69, 9.17) is 4.74 Å². The van der Waals surface area contributed by atoms with Gasteiger partial charge in [0, 0.05) is 36.7 Å². The highest BCUT2D eigenvalue weighted by atomic mass is 19.1. The highest BCUT2D eigenvalue weighted by Gasteiger charge is 2.38. The van der Waals surface area contributed by atoms with Gasteiger partial charge in [-0.2, -0.15) is 0 Å². The summed E-state index contributed by atoms with van der Waals surface area (Å²) in [5.41, 5.74) is 2.48. The first kappa shape index (κ1) is 27.1. The van der Waals surface area contributed by atoms with Gasteiger partial charge in [-0.3, -0.25) is 9.59 Å². The molecule has 192 valence electrons. The number of hydrogen-bond donors (Lipinski definition) is 0. The van der Waals surface area contributed by atoms with E-state index in [0.29, 0.717) is 35.5 Å². The standard InChI is InChI=1S/C29H35FN2O4/c1-5-16-31(17-6-2)28(34)22-14-12-21(13-15-22)19-32-20(4)27(29(35)36-7-3)24(18-26(32)33)23-10-8-9-11-25(23)30/h8-15,24H,5-7,16-19H2,1-4H3. The topological polar surface area (TPSA) is 66.9 Å². The Morgan fingerprint density at radius 3 is 2.25 bits per heavy atom. The van der Waals surface area contributed by atoms with E-state index in [1.165, 1.54) is 6.07 Å². The number of halogens is 1. The first-order valence-corrected chi connectivity index (χ1v) is 12.6. The number of rotatable bonds is 10. The normalized spacial score (nSPS) is 15.8. The van der Waals surface area contributed by atoms with Crippen LogP contribution in [0, 0.1) is 5.82 Å². The molecule has 1 atom stereocenters. The molecule has 2 aromatic rings. The Morgan fingerprint density at radius 2 is 1.67 bits per heavy atom. The predicted octanol–water partition coefficient (Wildman–Crippen LogP) is 5.44. The van der Waals surface area contributed by atoms with Crippen LogP contribution >= 0.6 is 0 Å². The number of esters is 1. The van der Waals surface area contributed by atoms with Crippen LogP contribution < -0.4 is 0 Å². The van der Waals surface area contributed by atoms with Crippen LogP contribution in [0.3, 0.4) is 0 Å². The van der Waals surface area contributed by atoms with Crippen LogP contribution in [0.5, 0.6) is 0 Å². The molecular formula is C29H35FN2O4. The van der Waals surface area contributed by atoms with E-state index in [1.807, 2.05) is 30.9 Å². The molecule has 0 aliphatic carbocycles. The largest absolute Gasteiger partial charge is 0.463 e. The molecule has 1 unspecified atom stereocenters. The van der Waals surface area contributed by atoms with Crippen LogP contribution in [-0.4, -0.2) is 47.3 Å². The summed E-state index contributed by atoms with van der Waals surface area (Å²) in [5.74, 6) is -1.93. The zero-order chi connectivity index (χ0) is 26.2. The smallest absolute Gasteiger partial charge is 0.336 e. The SMILES string of the molecule is CCCN(CCC)C(=O)c1ccc(CN2C(=O)CC(c3ccccc3F)C(C(=O)OCC)=C2C)cc1. The Balaban J connectivity index is 1.89. The van der Waals surface area contributed by atoms with E-state index in [0.717, 1.165) is 18.4 Å². The Hall–Kier alpha value is -3.48. The molecule has 1 heterocycles. The molecule has 0 N–H and O–H groups in total. The van der Waals surface area contributed by atoms with Gasteiger partial charge in [0.1, 0.15) is 5.82 Å². The molecule has 0 fully saturated rings. The van der Waals surface area contributed by atoms with Crippen molar-refractivity contribution in [1.82, 2.24) is 9.80 Å². The number of carbonyl (C=O) groups is 3. The second-order valence-electron chi connectivity index (χ2n) is 8.97. The van der Waals surface area contributed by atoms with E-state index in [9.17, 15) is 18.8 Å². The highest BCUT2D eigenvalue weighted by molar-refractivity contribution is 5.96. The third-order valence-corrected chi connectivity index (χ3v) is 6.41. The Kier molecular flexibility index (Phi) is 9.39. The fraction of sp³-hybridized carbons (Fsp3) is 0.414. The van der Waals surface area contributed by atoms with Crippen LogP contribution in [0.25, 0.3) is 0 Å². The van der Waals surface area contributed by atoms with Gasteiger partial charge in [-0.05, 0) is 56.0 Å². The molecule has 6 nitrogen and oxygen atoms in total. The molecule has 1 aliphatic heterocycles. The summed E-state index contributed by atoms with van der Waals surface area (Å²) in [5, 5.41) is 0. The quantitative estimate of drug-likeness (QED) is 0.413. The summed E-state index contributed by atoms with van der Waals surface area (Å²) in [6.07, 6.45) is 1.75. The number of ether oxygens (including phenoxy) is 1. The van der Waals surface area contributed by atoms with Crippen molar-refractivity contribution in [1.29, 1.82) is 0 Å². The molecule has 2 aromatic carbocycles. The number of amides is 2. The van der Waals surface area contributed by atoms with E-state index in [2.05, 4.69) is 0 Å². The van der Waals surface area contributed by atoms with E-state index in [-0.39, 0.29) is 31.4 Å². The molecule has 0 saturated carbocycles. The van der Waals surface area contributed by atoms with Crippen molar-refractivity contribution in [3.05, 3.63) is 82.3 Å². The number of carbonyl (C=O) groups excluding carboxylic acids is 3. The second kappa shape index (κ2) is 12.5. The predicted molar refractivity (Wildman–Crippen MR) is 137 cm³/mol. The lowest BCUT2D eigenvalue weighted by molar-refractivity contribution is -0.140. The molecule has 3 rings (SSSR count). The Bertz CT molecular complexity index is 1120. The highest BCUT2D eigenvalue weighted by Crippen LogP contribution is 2.38. The maximum absolute atomic E-state index is 14.6. The van der Waals surface area contributed by atoms with E-state index in [1.54, 1.807) is 49.1 Å². The van der Waals surface area contributed by atoms with Crippen molar-refractivity contribution in [2.24, 2.45) is 0 Å². The number of nitrogens with zero attached hydrogens (tertiary/aromatic N) is 2. The summed E-state index contributed by atoms with van der Waals surface area (Å²) in [4.78, 5) is 42.4. The second-order valence-corrected chi connectivity index (χ2v) is 8.97. The Morgan fingerprint density at radius 1 is 1.03 bits per heavy atom. The first-order chi connectivity index (χ1) is 17.3. The summed E-state index contributed by atoms with van der Waals surface area (Å²) in [7, 11) is 0. The van der Waals surface area contributed by atoms with Gasteiger partial charge in [0.05, 0.1) is 18.7 Å². The van der Waals surface area contributed by atoms with Crippen molar-refractivity contribution < 1.29 is 23.5 Å². The molecule has 7 heteroatoms. The molecular weight excluding hydrogens is 459 g/mol. The van der Waals surface area contributed by atoms with Crippen molar-refractivity contribution >= 4 is 17.8 Å². The maximum atomic E-state index is 14.6. The fourth-order valence-corrected chi connectivity index (χ4v) is 4.67. The molecule has 0 saturated heterocycles. The van der Waals surface area contributed by atoms with Crippen molar-refractivity contribution in [2.75, 3.05) is 19.7 Å². The maximum Gasteiger partial charge on any atom is 0.336 e. The van der Waals surface area contributed by atoms with Crippen LogP contribution in [0.2, 0.25) is 0 Å².